The van der Waals surface area contributed by atoms with Crippen LogP contribution in [0.25, 0.3) is 0 Å². The van der Waals surface area contributed by atoms with Crippen LogP contribution in [0.3, 0.4) is 0 Å². The van der Waals surface area contributed by atoms with Crippen LogP contribution in [-0.4, -0.2) is 39.9 Å². The van der Waals surface area contributed by atoms with E-state index >= 15 is 0 Å². The Labute approximate surface area is 131 Å². The lowest BCUT2D eigenvalue weighted by atomic mass is 9.72. The van der Waals surface area contributed by atoms with Gasteiger partial charge in [-0.1, -0.05) is 41.5 Å². The molecule has 22 heavy (non-hydrogen) atoms. The quantitative estimate of drug-likeness (QED) is 0.633. The molecule has 0 amide bonds. The van der Waals surface area contributed by atoms with Gasteiger partial charge in [0.2, 0.25) is 4.75 Å². The second kappa shape index (κ2) is 6.16. The molecule has 7 nitrogen and oxygen atoms in total. The Morgan fingerprint density at radius 1 is 0.955 bits per heavy atom. The second-order valence-corrected chi connectivity index (χ2v) is 9.74. The van der Waals surface area contributed by atoms with Crippen molar-refractivity contribution in [1.82, 2.24) is 0 Å². The van der Waals surface area contributed by atoms with Crippen LogP contribution in [0.2, 0.25) is 0 Å². The molecule has 3 N–H and O–H groups in total. The van der Waals surface area contributed by atoms with Gasteiger partial charge in [-0.2, -0.15) is 8.42 Å². The highest BCUT2D eigenvalue weighted by atomic mass is 32.2. The lowest BCUT2D eigenvalue weighted by Crippen LogP contribution is -2.57. The summed E-state index contributed by atoms with van der Waals surface area (Å²) in [5, 5.41) is 19.0. The molecule has 2 unspecified atom stereocenters. The van der Waals surface area contributed by atoms with Gasteiger partial charge in [-0.3, -0.25) is 14.1 Å². The zero-order chi connectivity index (χ0) is 18.1. The van der Waals surface area contributed by atoms with Gasteiger partial charge >= 0.3 is 11.9 Å². The predicted molar refractivity (Wildman–Crippen MR) is 81.2 cm³/mol. The van der Waals surface area contributed by atoms with Crippen molar-refractivity contribution in [2.45, 2.75) is 59.1 Å². The van der Waals surface area contributed by atoms with Crippen LogP contribution in [0.5, 0.6) is 0 Å². The molecule has 0 rings (SSSR count). The summed E-state index contributed by atoms with van der Waals surface area (Å²) in [4.78, 5) is 23.4. The van der Waals surface area contributed by atoms with E-state index < -0.39 is 50.0 Å². The molecule has 0 aliphatic heterocycles. The van der Waals surface area contributed by atoms with Crippen molar-refractivity contribution in [2.24, 2.45) is 16.7 Å². The Morgan fingerprint density at radius 3 is 1.55 bits per heavy atom. The zero-order valence-corrected chi connectivity index (χ0v) is 14.7. The molecule has 0 saturated heterocycles. The summed E-state index contributed by atoms with van der Waals surface area (Å²) in [6, 6.07) is 0. The molecule has 2 atom stereocenters. The van der Waals surface area contributed by atoms with E-state index in [1.165, 1.54) is 0 Å². The van der Waals surface area contributed by atoms with Gasteiger partial charge in [0, 0.05) is 0 Å². The van der Waals surface area contributed by atoms with Crippen LogP contribution in [0.4, 0.5) is 0 Å². The molecule has 0 spiro atoms. The maximum atomic E-state index is 11.9. The van der Waals surface area contributed by atoms with Crippen LogP contribution in [0.1, 0.15) is 54.4 Å². The van der Waals surface area contributed by atoms with Crippen molar-refractivity contribution in [3.05, 3.63) is 0 Å². The first-order chi connectivity index (χ1) is 9.44. The molecule has 130 valence electrons. The highest BCUT2D eigenvalue weighted by Gasteiger charge is 2.61. The molecule has 0 aromatic heterocycles. The Morgan fingerprint density at radius 2 is 1.36 bits per heavy atom. The van der Waals surface area contributed by atoms with Crippen LogP contribution in [0, 0.1) is 16.7 Å². The van der Waals surface area contributed by atoms with Gasteiger partial charge in [-0.15, -0.1) is 0 Å². The molecular formula is C14H26O7S. The molecule has 0 fully saturated rings. The van der Waals surface area contributed by atoms with Crippen LogP contribution in [-0.2, 0) is 19.7 Å². The minimum absolute atomic E-state index is 0.204. The summed E-state index contributed by atoms with van der Waals surface area (Å²) in [5.74, 6) is -5.17. The van der Waals surface area contributed by atoms with E-state index in [0.29, 0.717) is 0 Å². The van der Waals surface area contributed by atoms with Crippen molar-refractivity contribution >= 4 is 22.1 Å². The maximum Gasteiger partial charge on any atom is 0.328 e. The molecule has 0 aliphatic rings. The zero-order valence-electron chi connectivity index (χ0n) is 13.9. The topological polar surface area (TPSA) is 129 Å². The number of carboxylic acids is 2. The van der Waals surface area contributed by atoms with Crippen molar-refractivity contribution in [3.8, 4) is 0 Å². The van der Waals surface area contributed by atoms with E-state index in [9.17, 15) is 32.8 Å². The molecule has 0 aromatic rings. The molecule has 8 heteroatoms. The van der Waals surface area contributed by atoms with Crippen molar-refractivity contribution < 1.29 is 32.8 Å². The Bertz CT molecular complexity index is 537. The Kier molecular flexibility index (Phi) is 5.83. The molecular weight excluding hydrogens is 312 g/mol. The first kappa shape index (κ1) is 20.9. The third-order valence-electron chi connectivity index (χ3n) is 3.29. The van der Waals surface area contributed by atoms with Gasteiger partial charge in [0.25, 0.3) is 10.1 Å². The van der Waals surface area contributed by atoms with E-state index in [2.05, 4.69) is 0 Å². The van der Waals surface area contributed by atoms with Gasteiger partial charge in [0.15, 0.2) is 0 Å². The van der Waals surface area contributed by atoms with E-state index in [-0.39, 0.29) is 6.42 Å². The summed E-state index contributed by atoms with van der Waals surface area (Å²) in [6.07, 6.45) is -0.717. The lowest BCUT2D eigenvalue weighted by molar-refractivity contribution is -0.154. The van der Waals surface area contributed by atoms with Gasteiger partial charge in [-0.25, -0.2) is 0 Å². The van der Waals surface area contributed by atoms with Gasteiger partial charge in [0.1, 0.15) is 0 Å². The monoisotopic (exact) mass is 338 g/mol. The van der Waals surface area contributed by atoms with Gasteiger partial charge < -0.3 is 10.2 Å². The largest absolute Gasteiger partial charge is 0.481 e. The van der Waals surface area contributed by atoms with E-state index in [1.54, 1.807) is 41.5 Å². The summed E-state index contributed by atoms with van der Waals surface area (Å²) in [5.41, 5.74) is -1.45. The van der Waals surface area contributed by atoms with Crippen LogP contribution < -0.4 is 0 Å². The van der Waals surface area contributed by atoms with Crippen LogP contribution >= 0.6 is 0 Å². The minimum atomic E-state index is -5.16. The highest BCUT2D eigenvalue weighted by Crippen LogP contribution is 2.43. The highest BCUT2D eigenvalue weighted by molar-refractivity contribution is 7.88. The van der Waals surface area contributed by atoms with Crippen LogP contribution in [0.15, 0.2) is 0 Å². The first-order valence-corrected chi connectivity index (χ1v) is 8.31. The van der Waals surface area contributed by atoms with Crippen molar-refractivity contribution in [3.63, 3.8) is 0 Å². The molecule has 0 heterocycles. The molecule has 0 aliphatic carbocycles. The normalized spacial score (nSPS) is 17.6. The number of hydrogen-bond acceptors (Lipinski definition) is 4. The molecule has 0 saturated carbocycles. The van der Waals surface area contributed by atoms with E-state index in [0.717, 1.165) is 0 Å². The lowest BCUT2D eigenvalue weighted by Gasteiger charge is -2.38. The summed E-state index contributed by atoms with van der Waals surface area (Å²) >= 11 is 0. The van der Waals surface area contributed by atoms with Crippen molar-refractivity contribution in [2.75, 3.05) is 0 Å². The molecule has 0 radical (unpaired) electrons. The average molecular weight is 338 g/mol. The third-order valence-corrected chi connectivity index (χ3v) is 4.82. The summed E-state index contributed by atoms with van der Waals surface area (Å²) in [6.45, 7) is 9.80. The summed E-state index contributed by atoms with van der Waals surface area (Å²) < 4.78 is 30.6. The number of carboxylic acid groups (broad SMARTS) is 2. The minimum Gasteiger partial charge on any atom is -0.481 e. The number of aliphatic carboxylic acids is 2. The Balaban J connectivity index is 6.46. The fourth-order valence-electron chi connectivity index (χ4n) is 2.58. The number of rotatable bonds is 6. The second-order valence-electron chi connectivity index (χ2n) is 8.06. The van der Waals surface area contributed by atoms with E-state index in [1.807, 2.05) is 0 Å². The van der Waals surface area contributed by atoms with Gasteiger partial charge in [-0.05, 0) is 23.7 Å². The molecule has 0 aromatic carbocycles. The van der Waals surface area contributed by atoms with E-state index in [4.69, 9.17) is 0 Å². The fourth-order valence-corrected chi connectivity index (χ4v) is 3.96. The van der Waals surface area contributed by atoms with Crippen molar-refractivity contribution in [1.29, 1.82) is 0 Å². The standard InChI is InChI=1S/C14H26O7S/c1-12(2,3)7-9(10(15)16)14(11(17)18,22(19,20)21)8-13(4,5)6/h9H,7-8H2,1-6H3,(H,15,16)(H,17,18)(H,19,20,21). The average Bonchev–Trinajstić information content (AvgIpc) is 2.17. The predicted octanol–water partition coefficient (Wildman–Crippen LogP) is 2.27. The SMILES string of the molecule is CC(C)(C)CC(C(=O)O)C(CC(C)(C)C)(C(=O)O)S(=O)(=O)O. The molecule has 0 bridgehead atoms. The maximum absolute atomic E-state index is 11.9. The Hall–Kier alpha value is -1.15. The smallest absolute Gasteiger partial charge is 0.328 e. The number of hydrogen-bond donors (Lipinski definition) is 3. The number of carbonyl (C=O) groups is 2. The summed E-state index contributed by atoms with van der Waals surface area (Å²) in [7, 11) is -5.16. The fraction of sp³-hybridized carbons (Fsp3) is 0.857. The van der Waals surface area contributed by atoms with Gasteiger partial charge in [0.05, 0.1) is 5.92 Å². The third kappa shape index (κ3) is 4.95. The first-order valence-electron chi connectivity index (χ1n) is 6.87.